The van der Waals surface area contributed by atoms with Crippen molar-refractivity contribution in [3.63, 3.8) is 0 Å². The highest BCUT2D eigenvalue weighted by Crippen LogP contribution is 2.59. The third-order valence-corrected chi connectivity index (χ3v) is 10.6. The maximum atomic E-state index is 12.0. The van der Waals surface area contributed by atoms with Crippen LogP contribution in [0, 0.1) is 0 Å². The minimum atomic E-state index is -0.144. The smallest absolute Gasteiger partial charge is 0.166 e. The Bertz CT molecular complexity index is 2970. The largest absolute Gasteiger partial charge is 0.504 e. The van der Waals surface area contributed by atoms with Crippen LogP contribution in [0.2, 0.25) is 0 Å². The topological polar surface area (TPSA) is 66.7 Å². The van der Waals surface area contributed by atoms with Crippen LogP contribution in [0.4, 0.5) is 0 Å². The van der Waals surface area contributed by atoms with Gasteiger partial charge >= 0.3 is 0 Å². The van der Waals surface area contributed by atoms with Gasteiger partial charge in [0, 0.05) is 54.6 Å². The van der Waals surface area contributed by atoms with Crippen molar-refractivity contribution in [3.8, 4) is 56.4 Å². The number of furan rings is 2. The quantitative estimate of drug-likeness (QED) is 0.145. The molecule has 0 radical (unpaired) electrons. The van der Waals surface area contributed by atoms with Gasteiger partial charge in [-0.05, 0) is 44.8 Å². The Morgan fingerprint density at radius 1 is 0.288 bits per heavy atom. The molecule has 2 aromatic heterocycles. The number of para-hydroxylation sites is 2. The van der Waals surface area contributed by atoms with Crippen LogP contribution in [-0.2, 0) is 0 Å². The highest BCUT2D eigenvalue weighted by atomic mass is 16.3. The summed E-state index contributed by atoms with van der Waals surface area (Å²) in [7, 11) is 0. The fourth-order valence-electron chi connectivity index (χ4n) is 8.55. The molecule has 244 valence electrons. The van der Waals surface area contributed by atoms with Gasteiger partial charge in [0.1, 0.15) is 22.7 Å². The van der Waals surface area contributed by atoms with Gasteiger partial charge < -0.3 is 19.0 Å². The van der Waals surface area contributed by atoms with Crippen LogP contribution in [0.5, 0.6) is 11.5 Å². The SMILES string of the molecule is Oc1c(O)c2c3ccccc3c1c1c(-c3oc4ccccc4c3-c3ccccc3)c3ccccc3c(-c3oc4ccccc4c3-c3ccccc3)c21. The average Bonchev–Trinajstić information content (AvgIpc) is 3.78. The Balaban J connectivity index is 1.43. The van der Waals surface area contributed by atoms with Gasteiger partial charge in [-0.25, -0.2) is 0 Å². The first kappa shape index (κ1) is 28.8. The van der Waals surface area contributed by atoms with Gasteiger partial charge in [0.25, 0.3) is 0 Å². The molecule has 2 bridgehead atoms. The lowest BCUT2D eigenvalue weighted by atomic mass is 9.80. The Labute approximate surface area is 297 Å². The minimum absolute atomic E-state index is 0.144. The lowest BCUT2D eigenvalue weighted by Crippen LogP contribution is -1.96. The fourth-order valence-corrected chi connectivity index (χ4v) is 8.55. The van der Waals surface area contributed by atoms with Gasteiger partial charge in [0.2, 0.25) is 0 Å². The summed E-state index contributed by atoms with van der Waals surface area (Å²) in [5.41, 5.74) is 7.22. The molecule has 12 rings (SSSR count). The molecule has 2 heterocycles. The van der Waals surface area contributed by atoms with Gasteiger partial charge in [-0.15, -0.1) is 0 Å². The molecule has 4 nitrogen and oxygen atoms in total. The number of aromatic hydroxyl groups is 2. The Morgan fingerprint density at radius 3 is 1.02 bits per heavy atom. The van der Waals surface area contributed by atoms with Crippen molar-refractivity contribution in [2.75, 3.05) is 0 Å². The third-order valence-electron chi connectivity index (χ3n) is 10.6. The molecule has 0 saturated heterocycles. The van der Waals surface area contributed by atoms with Crippen LogP contribution in [0.1, 0.15) is 0 Å². The van der Waals surface area contributed by atoms with E-state index in [0.29, 0.717) is 22.3 Å². The molecule has 10 aromatic carbocycles. The maximum Gasteiger partial charge on any atom is 0.166 e. The van der Waals surface area contributed by atoms with Crippen LogP contribution in [0.25, 0.3) is 110 Å². The fraction of sp³-hybridized carbons (Fsp3) is 0. The van der Waals surface area contributed by atoms with Crippen molar-refractivity contribution < 1.29 is 19.0 Å². The summed E-state index contributed by atoms with van der Waals surface area (Å²) < 4.78 is 13.9. The molecule has 0 amide bonds. The highest BCUT2D eigenvalue weighted by Gasteiger charge is 2.32. The van der Waals surface area contributed by atoms with E-state index < -0.39 is 0 Å². The van der Waals surface area contributed by atoms with Crippen LogP contribution < -0.4 is 0 Å². The molecule has 0 unspecified atom stereocenters. The number of rotatable bonds is 4. The van der Waals surface area contributed by atoms with E-state index in [1.807, 2.05) is 109 Å². The number of fused-ring (bicyclic) bond motifs is 4. The van der Waals surface area contributed by atoms with E-state index >= 15 is 0 Å². The molecule has 0 fully saturated rings. The first-order valence-corrected chi connectivity index (χ1v) is 17.4. The molecule has 52 heavy (non-hydrogen) atoms. The van der Waals surface area contributed by atoms with Crippen LogP contribution in [-0.4, -0.2) is 10.2 Å². The summed E-state index contributed by atoms with van der Waals surface area (Å²) in [6.45, 7) is 0. The van der Waals surface area contributed by atoms with Gasteiger partial charge in [-0.1, -0.05) is 146 Å². The van der Waals surface area contributed by atoms with E-state index in [4.69, 9.17) is 8.83 Å². The van der Waals surface area contributed by atoms with Gasteiger partial charge in [0.05, 0.1) is 0 Å². The summed E-state index contributed by atoms with van der Waals surface area (Å²) in [6, 6.07) is 53.2. The zero-order chi connectivity index (χ0) is 34.5. The summed E-state index contributed by atoms with van der Waals surface area (Å²) in [5, 5.41) is 32.2. The van der Waals surface area contributed by atoms with Crippen molar-refractivity contribution in [2.24, 2.45) is 0 Å². The van der Waals surface area contributed by atoms with E-state index in [9.17, 15) is 10.2 Å². The van der Waals surface area contributed by atoms with Crippen molar-refractivity contribution in [1.82, 2.24) is 0 Å². The number of phenols is 4. The second-order valence-corrected chi connectivity index (χ2v) is 13.4. The number of hydrogen-bond donors (Lipinski definition) is 2. The molecule has 0 atom stereocenters. The Hall–Kier alpha value is -7.04. The average molecular weight is 669 g/mol. The van der Waals surface area contributed by atoms with E-state index in [1.165, 1.54) is 0 Å². The predicted octanol–water partition coefficient (Wildman–Crippen LogP) is 13.3. The molecular weight excluding hydrogens is 641 g/mol. The summed E-state index contributed by atoms with van der Waals surface area (Å²) in [6.07, 6.45) is 0. The van der Waals surface area contributed by atoms with Crippen molar-refractivity contribution >= 4 is 65.0 Å². The first-order valence-electron chi connectivity index (χ1n) is 17.4. The summed E-state index contributed by atoms with van der Waals surface area (Å²) in [4.78, 5) is 0. The van der Waals surface area contributed by atoms with Crippen LogP contribution >= 0.6 is 0 Å². The number of benzene rings is 10. The van der Waals surface area contributed by atoms with E-state index in [2.05, 4.69) is 48.5 Å². The molecule has 0 spiro atoms. The van der Waals surface area contributed by atoms with Gasteiger partial charge in [0.15, 0.2) is 11.5 Å². The zero-order valence-corrected chi connectivity index (χ0v) is 27.7. The van der Waals surface area contributed by atoms with Crippen molar-refractivity contribution in [3.05, 3.63) is 158 Å². The number of hydrogen-bond acceptors (Lipinski definition) is 4. The van der Waals surface area contributed by atoms with E-state index in [0.717, 1.165) is 87.6 Å². The van der Waals surface area contributed by atoms with E-state index in [1.54, 1.807) is 0 Å². The molecule has 12 aromatic rings. The monoisotopic (exact) mass is 668 g/mol. The molecule has 0 saturated carbocycles. The molecule has 0 aliphatic heterocycles. The molecule has 4 heteroatoms. The van der Waals surface area contributed by atoms with Crippen molar-refractivity contribution in [2.45, 2.75) is 0 Å². The second-order valence-electron chi connectivity index (χ2n) is 13.4. The predicted molar refractivity (Wildman–Crippen MR) is 212 cm³/mol. The second kappa shape index (κ2) is 10.7. The van der Waals surface area contributed by atoms with Crippen LogP contribution in [0.3, 0.4) is 0 Å². The first-order chi connectivity index (χ1) is 25.7. The zero-order valence-electron chi connectivity index (χ0n) is 27.7. The lowest BCUT2D eigenvalue weighted by molar-refractivity contribution is 0.412. The van der Waals surface area contributed by atoms with Crippen LogP contribution in [0.15, 0.2) is 167 Å². The lowest BCUT2D eigenvalue weighted by Gasteiger charge is -2.23. The standard InChI is InChI=1S/C48H28O4/c49-45-39-29-19-7-8-20-30(29)40(46(45)50)44-42(48-38(28-17-5-2-6-18-28)34-24-12-14-26-36(34)52-48)32-22-10-9-21-31(32)41(43(39)44)47-37(27-15-3-1-4-16-27)33-23-11-13-25-35(33)51-47/h1-26,49-50H. The number of phenolic OH excluding ortho intramolecular Hbond substituents is 2. The third kappa shape index (κ3) is 3.81. The summed E-state index contributed by atoms with van der Waals surface area (Å²) in [5.74, 6) is 1.11. The van der Waals surface area contributed by atoms with E-state index in [-0.39, 0.29) is 11.5 Å². The molecule has 0 aliphatic rings. The van der Waals surface area contributed by atoms with Gasteiger partial charge in [-0.2, -0.15) is 0 Å². The Kier molecular flexibility index (Phi) is 5.93. The maximum absolute atomic E-state index is 12.0. The minimum Gasteiger partial charge on any atom is -0.504 e. The molecule has 0 aliphatic carbocycles. The summed E-state index contributed by atoms with van der Waals surface area (Å²) >= 11 is 0. The molecular formula is C48H28O4. The molecule has 2 N–H and O–H groups in total. The highest BCUT2D eigenvalue weighted by molar-refractivity contribution is 6.41. The normalized spacial score (nSPS) is 12.0. The van der Waals surface area contributed by atoms with Gasteiger partial charge in [-0.3, -0.25) is 0 Å². The van der Waals surface area contributed by atoms with Crippen molar-refractivity contribution in [1.29, 1.82) is 0 Å². The Morgan fingerprint density at radius 2 is 0.615 bits per heavy atom.